The molecule has 2 aliphatic heterocycles. The zero-order chi connectivity index (χ0) is 14.7. The van der Waals surface area contributed by atoms with Crippen molar-refractivity contribution in [3.63, 3.8) is 0 Å². The smallest absolute Gasteiger partial charge is 0.239 e. The summed E-state index contributed by atoms with van der Waals surface area (Å²) in [6.07, 6.45) is 0. The Bertz CT molecular complexity index is 500. The lowest BCUT2D eigenvalue weighted by atomic mass is 9.98. The van der Waals surface area contributed by atoms with Crippen LogP contribution in [0.4, 0.5) is 0 Å². The third kappa shape index (κ3) is 3.26. The van der Waals surface area contributed by atoms with Gasteiger partial charge in [0, 0.05) is 13.1 Å². The first-order valence-corrected chi connectivity index (χ1v) is 7.54. The third-order valence-electron chi connectivity index (χ3n) is 4.12. The Morgan fingerprint density at radius 3 is 2.86 bits per heavy atom. The molecule has 2 atom stereocenters. The SMILES string of the molecule is CC(NC1COCc2ccccc21)C(=O)N1CCOCC1. The number of hydrogen-bond donors (Lipinski definition) is 1. The summed E-state index contributed by atoms with van der Waals surface area (Å²) in [4.78, 5) is 14.3. The van der Waals surface area contributed by atoms with Gasteiger partial charge in [-0.05, 0) is 18.1 Å². The van der Waals surface area contributed by atoms with E-state index in [1.54, 1.807) is 0 Å². The first kappa shape index (κ1) is 14.5. The number of nitrogens with zero attached hydrogens (tertiary/aromatic N) is 1. The van der Waals surface area contributed by atoms with E-state index >= 15 is 0 Å². The highest BCUT2D eigenvalue weighted by atomic mass is 16.5. The summed E-state index contributed by atoms with van der Waals surface area (Å²) in [6, 6.07) is 8.11. The van der Waals surface area contributed by atoms with Gasteiger partial charge in [-0.25, -0.2) is 0 Å². The van der Waals surface area contributed by atoms with Crippen LogP contribution in [0, 0.1) is 0 Å². The molecule has 0 radical (unpaired) electrons. The molecule has 0 aliphatic carbocycles. The van der Waals surface area contributed by atoms with Crippen molar-refractivity contribution in [2.45, 2.75) is 25.6 Å². The number of morpholine rings is 1. The van der Waals surface area contributed by atoms with E-state index in [0.29, 0.717) is 39.5 Å². The lowest BCUT2D eigenvalue weighted by Gasteiger charge is -2.33. The monoisotopic (exact) mass is 290 g/mol. The standard InChI is InChI=1S/C16H22N2O3/c1-12(16(19)18-6-8-20-9-7-18)17-15-11-21-10-13-4-2-3-5-14(13)15/h2-5,12,15,17H,6-11H2,1H3. The third-order valence-corrected chi connectivity index (χ3v) is 4.12. The molecule has 1 aromatic rings. The second-order valence-electron chi connectivity index (χ2n) is 5.59. The van der Waals surface area contributed by atoms with Crippen molar-refractivity contribution in [3.8, 4) is 0 Å². The molecule has 0 bridgehead atoms. The van der Waals surface area contributed by atoms with Crippen LogP contribution >= 0.6 is 0 Å². The van der Waals surface area contributed by atoms with E-state index in [1.807, 2.05) is 24.0 Å². The Morgan fingerprint density at radius 1 is 1.29 bits per heavy atom. The van der Waals surface area contributed by atoms with Gasteiger partial charge >= 0.3 is 0 Å². The zero-order valence-electron chi connectivity index (χ0n) is 12.4. The van der Waals surface area contributed by atoms with Crippen LogP contribution in [0.15, 0.2) is 24.3 Å². The van der Waals surface area contributed by atoms with Gasteiger partial charge in [0.2, 0.25) is 5.91 Å². The molecule has 114 valence electrons. The highest BCUT2D eigenvalue weighted by Crippen LogP contribution is 2.24. The number of carbonyl (C=O) groups excluding carboxylic acids is 1. The molecule has 0 aromatic heterocycles. The largest absolute Gasteiger partial charge is 0.378 e. The van der Waals surface area contributed by atoms with Crippen molar-refractivity contribution < 1.29 is 14.3 Å². The number of ether oxygens (including phenoxy) is 2. The Labute approximate surface area is 125 Å². The van der Waals surface area contributed by atoms with E-state index in [9.17, 15) is 4.79 Å². The lowest BCUT2D eigenvalue weighted by Crippen LogP contribution is -2.50. The number of nitrogens with one attached hydrogen (secondary N) is 1. The quantitative estimate of drug-likeness (QED) is 0.905. The number of rotatable bonds is 3. The fourth-order valence-corrected chi connectivity index (χ4v) is 2.95. The van der Waals surface area contributed by atoms with Crippen LogP contribution in [0.3, 0.4) is 0 Å². The predicted molar refractivity (Wildman–Crippen MR) is 78.8 cm³/mol. The van der Waals surface area contributed by atoms with Crippen molar-refractivity contribution in [1.82, 2.24) is 10.2 Å². The van der Waals surface area contributed by atoms with Gasteiger partial charge in [-0.2, -0.15) is 0 Å². The molecule has 3 rings (SSSR count). The predicted octanol–water partition coefficient (Wildman–Crippen LogP) is 1.09. The van der Waals surface area contributed by atoms with Crippen molar-refractivity contribution in [2.24, 2.45) is 0 Å². The Kier molecular flexibility index (Phi) is 4.53. The molecule has 1 aromatic carbocycles. The van der Waals surface area contributed by atoms with Gasteiger partial charge in [0.15, 0.2) is 0 Å². The maximum atomic E-state index is 12.5. The van der Waals surface area contributed by atoms with E-state index in [0.717, 1.165) is 0 Å². The number of benzene rings is 1. The van der Waals surface area contributed by atoms with Crippen molar-refractivity contribution in [3.05, 3.63) is 35.4 Å². The summed E-state index contributed by atoms with van der Waals surface area (Å²) in [5.41, 5.74) is 2.44. The molecule has 0 saturated carbocycles. The van der Waals surface area contributed by atoms with Crippen LogP contribution in [0.25, 0.3) is 0 Å². The maximum Gasteiger partial charge on any atom is 0.239 e. The molecule has 5 nitrogen and oxygen atoms in total. The molecule has 2 aliphatic rings. The van der Waals surface area contributed by atoms with E-state index in [1.165, 1.54) is 11.1 Å². The first-order valence-electron chi connectivity index (χ1n) is 7.54. The van der Waals surface area contributed by atoms with Gasteiger partial charge in [-0.1, -0.05) is 24.3 Å². The van der Waals surface area contributed by atoms with Crippen LogP contribution in [-0.2, 0) is 20.9 Å². The topological polar surface area (TPSA) is 50.8 Å². The fraction of sp³-hybridized carbons (Fsp3) is 0.562. The summed E-state index contributed by atoms with van der Waals surface area (Å²) in [5, 5.41) is 3.42. The van der Waals surface area contributed by atoms with Crippen LogP contribution in [-0.4, -0.2) is 49.8 Å². The molecule has 5 heteroatoms. The highest BCUT2D eigenvalue weighted by molar-refractivity contribution is 5.81. The minimum atomic E-state index is -0.220. The number of hydrogen-bond acceptors (Lipinski definition) is 4. The highest BCUT2D eigenvalue weighted by Gasteiger charge is 2.27. The lowest BCUT2D eigenvalue weighted by molar-refractivity contribution is -0.137. The molecule has 1 N–H and O–H groups in total. The van der Waals surface area contributed by atoms with Crippen LogP contribution in [0.5, 0.6) is 0 Å². The second-order valence-corrected chi connectivity index (χ2v) is 5.59. The molecule has 1 fully saturated rings. The van der Waals surface area contributed by atoms with Crippen molar-refractivity contribution in [1.29, 1.82) is 0 Å². The normalized spacial score (nSPS) is 23.5. The molecular formula is C16H22N2O3. The van der Waals surface area contributed by atoms with E-state index in [4.69, 9.17) is 9.47 Å². The number of fused-ring (bicyclic) bond motifs is 1. The van der Waals surface area contributed by atoms with Crippen LogP contribution < -0.4 is 5.32 Å². The maximum absolute atomic E-state index is 12.5. The Balaban J connectivity index is 1.65. The molecule has 2 heterocycles. The molecular weight excluding hydrogens is 268 g/mol. The first-order chi connectivity index (χ1) is 10.3. The van der Waals surface area contributed by atoms with Crippen LogP contribution in [0.1, 0.15) is 24.1 Å². The van der Waals surface area contributed by atoms with Crippen molar-refractivity contribution >= 4 is 5.91 Å². The molecule has 2 unspecified atom stereocenters. The van der Waals surface area contributed by atoms with Crippen molar-refractivity contribution in [2.75, 3.05) is 32.9 Å². The van der Waals surface area contributed by atoms with E-state index in [-0.39, 0.29) is 18.0 Å². The fourth-order valence-electron chi connectivity index (χ4n) is 2.95. The van der Waals surface area contributed by atoms with Gasteiger partial charge in [0.25, 0.3) is 0 Å². The number of carbonyl (C=O) groups is 1. The summed E-state index contributed by atoms with van der Waals surface area (Å²) >= 11 is 0. The summed E-state index contributed by atoms with van der Waals surface area (Å²) in [6.45, 7) is 5.82. The molecule has 0 spiro atoms. The van der Waals surface area contributed by atoms with Gasteiger partial charge in [-0.3, -0.25) is 10.1 Å². The van der Waals surface area contributed by atoms with Gasteiger partial charge < -0.3 is 14.4 Å². The molecule has 1 amide bonds. The minimum absolute atomic E-state index is 0.0786. The Hall–Kier alpha value is -1.43. The minimum Gasteiger partial charge on any atom is -0.378 e. The van der Waals surface area contributed by atoms with Gasteiger partial charge in [-0.15, -0.1) is 0 Å². The summed E-state index contributed by atoms with van der Waals surface area (Å²) < 4.78 is 10.9. The van der Waals surface area contributed by atoms with Crippen LogP contribution in [0.2, 0.25) is 0 Å². The second kappa shape index (κ2) is 6.56. The molecule has 1 saturated heterocycles. The average Bonchev–Trinajstić information content (AvgIpc) is 2.55. The van der Waals surface area contributed by atoms with E-state index < -0.39 is 0 Å². The Morgan fingerprint density at radius 2 is 2.05 bits per heavy atom. The van der Waals surface area contributed by atoms with Gasteiger partial charge in [0.1, 0.15) is 0 Å². The number of amides is 1. The summed E-state index contributed by atoms with van der Waals surface area (Å²) in [5.74, 6) is 0.140. The van der Waals surface area contributed by atoms with E-state index in [2.05, 4.69) is 17.4 Å². The molecule has 21 heavy (non-hydrogen) atoms. The van der Waals surface area contributed by atoms with Gasteiger partial charge in [0.05, 0.1) is 38.5 Å². The average molecular weight is 290 g/mol. The summed E-state index contributed by atoms with van der Waals surface area (Å²) in [7, 11) is 0. The zero-order valence-corrected chi connectivity index (χ0v) is 12.4.